The molecule has 1 amide bonds. The lowest BCUT2D eigenvalue weighted by atomic mass is 10.2. The quantitative estimate of drug-likeness (QED) is 0.852. The first kappa shape index (κ1) is 11.5. The van der Waals surface area contributed by atoms with E-state index in [-0.39, 0.29) is 5.91 Å². The molecular weight excluding hydrogens is 212 g/mol. The number of hydrogen-bond donors (Lipinski definition) is 1. The maximum atomic E-state index is 11.3. The number of halogens is 1. The van der Waals surface area contributed by atoms with Crippen molar-refractivity contribution in [3.05, 3.63) is 34.9 Å². The number of nitriles is 1. The molecule has 15 heavy (non-hydrogen) atoms. The number of carbonyl (C=O) groups is 1. The lowest BCUT2D eigenvalue weighted by Crippen LogP contribution is -2.27. The highest BCUT2D eigenvalue weighted by Crippen LogP contribution is 2.09. The van der Waals surface area contributed by atoms with Crippen molar-refractivity contribution in [1.82, 2.24) is 5.32 Å². The van der Waals surface area contributed by atoms with Gasteiger partial charge in [0, 0.05) is 11.6 Å². The molecule has 0 radical (unpaired) electrons. The number of rotatable bonds is 3. The first-order valence-electron chi connectivity index (χ1n) is 4.55. The molecule has 0 spiro atoms. The van der Waals surface area contributed by atoms with Crippen LogP contribution < -0.4 is 5.32 Å². The van der Waals surface area contributed by atoms with E-state index in [0.717, 1.165) is 5.56 Å². The van der Waals surface area contributed by atoms with Gasteiger partial charge in [-0.1, -0.05) is 23.7 Å². The Morgan fingerprint density at radius 1 is 1.53 bits per heavy atom. The summed E-state index contributed by atoms with van der Waals surface area (Å²) >= 11 is 5.72. The van der Waals surface area contributed by atoms with Crippen LogP contribution in [0, 0.1) is 17.2 Å². The standard InChI is InChI=1S/C11H11ClN2O/c1-8(6-13)11(15)14-7-9-2-4-10(12)5-3-9/h2-5,8H,7H2,1H3,(H,14,15). The molecule has 0 saturated carbocycles. The zero-order valence-electron chi connectivity index (χ0n) is 8.33. The second-order valence-corrected chi connectivity index (χ2v) is 3.63. The molecule has 3 nitrogen and oxygen atoms in total. The van der Waals surface area contributed by atoms with E-state index in [4.69, 9.17) is 16.9 Å². The first-order valence-corrected chi connectivity index (χ1v) is 4.93. The molecule has 0 heterocycles. The average Bonchev–Trinajstić information content (AvgIpc) is 2.26. The molecule has 1 aromatic carbocycles. The van der Waals surface area contributed by atoms with Crippen LogP contribution in [-0.4, -0.2) is 5.91 Å². The van der Waals surface area contributed by atoms with Gasteiger partial charge >= 0.3 is 0 Å². The van der Waals surface area contributed by atoms with Gasteiger partial charge in [0.2, 0.25) is 5.91 Å². The lowest BCUT2D eigenvalue weighted by molar-refractivity contribution is -0.123. The van der Waals surface area contributed by atoms with Crippen LogP contribution in [0.15, 0.2) is 24.3 Å². The second kappa shape index (κ2) is 5.38. The van der Waals surface area contributed by atoms with Crippen LogP contribution in [0.4, 0.5) is 0 Å². The van der Waals surface area contributed by atoms with Crippen LogP contribution in [0.25, 0.3) is 0 Å². The van der Waals surface area contributed by atoms with E-state index < -0.39 is 5.92 Å². The Morgan fingerprint density at radius 3 is 2.67 bits per heavy atom. The van der Waals surface area contributed by atoms with Crippen LogP contribution in [-0.2, 0) is 11.3 Å². The van der Waals surface area contributed by atoms with Crippen molar-refractivity contribution in [2.75, 3.05) is 0 Å². The van der Waals surface area contributed by atoms with Crippen LogP contribution in [0.2, 0.25) is 5.02 Å². The number of nitrogens with one attached hydrogen (secondary N) is 1. The van der Waals surface area contributed by atoms with E-state index in [1.165, 1.54) is 0 Å². The number of nitrogens with zero attached hydrogens (tertiary/aromatic N) is 1. The van der Waals surface area contributed by atoms with Gasteiger partial charge in [-0.3, -0.25) is 4.79 Å². The maximum absolute atomic E-state index is 11.3. The fourth-order valence-electron chi connectivity index (χ4n) is 1.00. The van der Waals surface area contributed by atoms with Gasteiger partial charge in [0.05, 0.1) is 6.07 Å². The Hall–Kier alpha value is -1.53. The minimum absolute atomic E-state index is 0.257. The maximum Gasteiger partial charge on any atom is 0.237 e. The Labute approximate surface area is 93.7 Å². The molecule has 0 fully saturated rings. The molecule has 4 heteroatoms. The topological polar surface area (TPSA) is 52.9 Å². The molecule has 1 N–H and O–H groups in total. The van der Waals surface area contributed by atoms with Gasteiger partial charge in [0.1, 0.15) is 5.92 Å². The molecule has 1 atom stereocenters. The molecule has 0 aliphatic carbocycles. The van der Waals surface area contributed by atoms with E-state index in [9.17, 15) is 4.79 Å². The van der Waals surface area contributed by atoms with Gasteiger partial charge in [0.25, 0.3) is 0 Å². The van der Waals surface area contributed by atoms with Crippen molar-refractivity contribution in [1.29, 1.82) is 5.26 Å². The molecule has 78 valence electrons. The van der Waals surface area contributed by atoms with Crippen LogP contribution >= 0.6 is 11.6 Å². The normalized spacial score (nSPS) is 11.5. The lowest BCUT2D eigenvalue weighted by Gasteiger charge is -2.06. The number of carbonyl (C=O) groups excluding carboxylic acids is 1. The molecule has 1 rings (SSSR count). The summed E-state index contributed by atoms with van der Waals surface area (Å²) in [5.41, 5.74) is 0.956. The minimum Gasteiger partial charge on any atom is -0.351 e. The fourth-order valence-corrected chi connectivity index (χ4v) is 1.13. The number of benzene rings is 1. The van der Waals surface area contributed by atoms with Crippen molar-refractivity contribution in [3.8, 4) is 6.07 Å². The van der Waals surface area contributed by atoms with Gasteiger partial charge in [0.15, 0.2) is 0 Å². The fraction of sp³-hybridized carbons (Fsp3) is 0.273. The summed E-state index contributed by atoms with van der Waals surface area (Å²) in [6.07, 6.45) is 0. The highest BCUT2D eigenvalue weighted by Gasteiger charge is 2.10. The molecule has 0 bridgehead atoms. The SMILES string of the molecule is CC(C#N)C(=O)NCc1ccc(Cl)cc1. The summed E-state index contributed by atoms with van der Waals surface area (Å²) in [6, 6.07) is 9.06. The predicted octanol–water partition coefficient (Wildman–Crippen LogP) is 2.12. The van der Waals surface area contributed by atoms with Crippen LogP contribution in [0.3, 0.4) is 0 Å². The Balaban J connectivity index is 2.48. The van der Waals surface area contributed by atoms with E-state index in [2.05, 4.69) is 5.32 Å². The largest absolute Gasteiger partial charge is 0.351 e. The predicted molar refractivity (Wildman–Crippen MR) is 58.1 cm³/mol. The van der Waals surface area contributed by atoms with Crippen LogP contribution in [0.5, 0.6) is 0 Å². The van der Waals surface area contributed by atoms with E-state index >= 15 is 0 Å². The molecular formula is C11H11ClN2O. The third-order valence-corrected chi connectivity index (χ3v) is 2.22. The van der Waals surface area contributed by atoms with Crippen LogP contribution in [0.1, 0.15) is 12.5 Å². The summed E-state index contributed by atoms with van der Waals surface area (Å²) in [5.74, 6) is -0.871. The number of hydrogen-bond acceptors (Lipinski definition) is 2. The number of amides is 1. The minimum atomic E-state index is -0.614. The first-order chi connectivity index (χ1) is 7.13. The van der Waals surface area contributed by atoms with E-state index in [0.29, 0.717) is 11.6 Å². The Kier molecular flexibility index (Phi) is 4.14. The summed E-state index contributed by atoms with van der Waals surface area (Å²) in [4.78, 5) is 11.3. The van der Waals surface area contributed by atoms with E-state index in [1.807, 2.05) is 18.2 Å². The summed E-state index contributed by atoms with van der Waals surface area (Å²) in [7, 11) is 0. The van der Waals surface area contributed by atoms with Gasteiger partial charge in [-0.25, -0.2) is 0 Å². The smallest absolute Gasteiger partial charge is 0.237 e. The highest BCUT2D eigenvalue weighted by molar-refractivity contribution is 6.30. The van der Waals surface area contributed by atoms with Crippen molar-refractivity contribution in [3.63, 3.8) is 0 Å². The molecule has 1 aromatic rings. The zero-order valence-corrected chi connectivity index (χ0v) is 9.08. The highest BCUT2D eigenvalue weighted by atomic mass is 35.5. The van der Waals surface area contributed by atoms with E-state index in [1.54, 1.807) is 19.1 Å². The zero-order chi connectivity index (χ0) is 11.3. The third-order valence-electron chi connectivity index (χ3n) is 1.97. The second-order valence-electron chi connectivity index (χ2n) is 3.20. The monoisotopic (exact) mass is 222 g/mol. The Morgan fingerprint density at radius 2 is 2.13 bits per heavy atom. The molecule has 0 aliphatic rings. The summed E-state index contributed by atoms with van der Waals surface area (Å²) < 4.78 is 0. The molecule has 0 aliphatic heterocycles. The van der Waals surface area contributed by atoms with Crippen molar-refractivity contribution in [2.24, 2.45) is 5.92 Å². The van der Waals surface area contributed by atoms with Crippen molar-refractivity contribution in [2.45, 2.75) is 13.5 Å². The van der Waals surface area contributed by atoms with Gasteiger partial charge in [-0.05, 0) is 24.6 Å². The van der Waals surface area contributed by atoms with Gasteiger partial charge in [-0.2, -0.15) is 5.26 Å². The summed E-state index contributed by atoms with van der Waals surface area (Å²) in [6.45, 7) is 1.99. The average molecular weight is 223 g/mol. The molecule has 0 aromatic heterocycles. The van der Waals surface area contributed by atoms with Gasteiger partial charge < -0.3 is 5.32 Å². The Bertz CT molecular complexity index is 381. The molecule has 0 saturated heterocycles. The van der Waals surface area contributed by atoms with Crippen molar-refractivity contribution < 1.29 is 4.79 Å². The molecule has 1 unspecified atom stereocenters. The summed E-state index contributed by atoms with van der Waals surface area (Å²) in [5, 5.41) is 11.8. The van der Waals surface area contributed by atoms with Crippen molar-refractivity contribution >= 4 is 17.5 Å². The third kappa shape index (κ3) is 3.61. The van der Waals surface area contributed by atoms with Gasteiger partial charge in [-0.15, -0.1) is 0 Å².